The molecule has 7 aliphatic rings. The molecule has 30 nitrogen and oxygen atoms in total. The molecule has 2 saturated carbocycles. The molecule has 0 radical (unpaired) electrons. The fourth-order valence-corrected chi connectivity index (χ4v) is 16.2. The Balaban J connectivity index is 0.000000130. The van der Waals surface area contributed by atoms with Crippen LogP contribution >= 0.6 is 67.8 Å². The van der Waals surface area contributed by atoms with Crippen LogP contribution in [0.25, 0.3) is 61.4 Å². The highest BCUT2D eigenvalue weighted by Crippen LogP contribution is 2.42. The number of imidazole rings is 2. The number of rotatable bonds is 17. The van der Waals surface area contributed by atoms with Crippen LogP contribution in [0.15, 0.2) is 196 Å². The summed E-state index contributed by atoms with van der Waals surface area (Å²) in [6, 6.07) is 24.1. The van der Waals surface area contributed by atoms with Gasteiger partial charge in [-0.15, -0.1) is 21.8 Å². The number of carbonyl (C=O) groups is 4. The number of carboxylic acid groups (broad SMARTS) is 1. The van der Waals surface area contributed by atoms with Gasteiger partial charge in [0, 0.05) is 147 Å². The highest BCUT2D eigenvalue weighted by atomic mass is 36.0. The largest absolute Gasteiger partial charge is 0.476 e. The number of Topliss-reactive ketones (excluding diaryl/α,β-unsaturated/α-hetero) is 1. The molecule has 7 aliphatic carbocycles. The molecule has 0 atom stereocenters. The molecule has 2 fully saturated rings. The normalized spacial score (nSPS) is 13.6. The van der Waals surface area contributed by atoms with Crippen LogP contribution in [-0.4, -0.2) is 142 Å². The number of carboxylic acids is 1. The molecule has 720 valence electrons. The zero-order valence-electron chi connectivity index (χ0n) is 77.9. The van der Waals surface area contributed by atoms with Crippen molar-refractivity contribution >= 4 is 162 Å². The molecular formula is C102H105Cl6N21O9S. The number of aromatic nitrogens is 19. The Hall–Kier alpha value is -12.7. The smallest absolute Gasteiger partial charge is 0.419 e. The molecule has 139 heavy (non-hydrogen) atoms. The third kappa shape index (κ3) is 28.1. The van der Waals surface area contributed by atoms with Gasteiger partial charge >= 0.3 is 18.2 Å². The molecule has 0 amide bonds. The number of halogens is 6. The number of allylic oxidation sites excluding steroid dienone is 5. The van der Waals surface area contributed by atoms with Gasteiger partial charge in [0.1, 0.15) is 28.2 Å². The molecule has 6 N–H and O–H groups in total. The predicted molar refractivity (Wildman–Crippen MR) is 544 cm³/mol. The Bertz CT molecular complexity index is 7040. The maximum atomic E-state index is 12.6. The van der Waals surface area contributed by atoms with Gasteiger partial charge in [-0.3, -0.25) is 44.2 Å². The summed E-state index contributed by atoms with van der Waals surface area (Å²) in [5, 5.41) is 37.1. The van der Waals surface area contributed by atoms with E-state index in [9.17, 15) is 19.2 Å². The number of hydrogen-bond donors (Lipinski definition) is 4. The lowest BCUT2D eigenvalue weighted by Crippen LogP contribution is -2.26. The number of ketones is 1. The van der Waals surface area contributed by atoms with Gasteiger partial charge < -0.3 is 40.0 Å². The van der Waals surface area contributed by atoms with Gasteiger partial charge in [0.2, 0.25) is 9.23 Å². The predicted octanol–water partition coefficient (Wildman–Crippen LogP) is 20.5. The lowest BCUT2D eigenvalue weighted by molar-refractivity contribution is 0.0533. The number of ether oxygens (including phenoxy) is 2. The van der Waals surface area contributed by atoms with E-state index in [-0.39, 0.29) is 24.2 Å². The highest BCUT2D eigenvalue weighted by molar-refractivity contribution is 8.26. The first kappa shape index (κ1) is 102. The summed E-state index contributed by atoms with van der Waals surface area (Å²) in [5.41, 5.74) is 36.3. The first-order chi connectivity index (χ1) is 66.8. The number of fused-ring (bicyclic) bond motifs is 9. The maximum Gasteiger partial charge on any atom is 0.419 e. The molecular weight excluding hydrogens is 1910 g/mol. The lowest BCUT2D eigenvalue weighted by atomic mass is 10.1. The van der Waals surface area contributed by atoms with Crippen LogP contribution < -0.4 is 11.5 Å². The maximum absolute atomic E-state index is 12.6. The Morgan fingerprint density at radius 1 is 0.496 bits per heavy atom. The van der Waals surface area contributed by atoms with Crippen molar-refractivity contribution in [1.82, 2.24) is 92.8 Å². The first-order valence-corrected chi connectivity index (χ1v) is 49.8. The van der Waals surface area contributed by atoms with Crippen LogP contribution in [0.2, 0.25) is 5.02 Å². The number of aliphatic hydroxyl groups excluding tert-OH is 1. The second-order valence-electron chi connectivity index (χ2n) is 35.4. The van der Waals surface area contributed by atoms with Crippen molar-refractivity contribution in [2.75, 3.05) is 0 Å². The Morgan fingerprint density at radius 3 is 1.42 bits per heavy atom. The minimum Gasteiger partial charge on any atom is -0.476 e. The number of pyridine rings is 9. The first-order valence-electron chi connectivity index (χ1n) is 45.3. The summed E-state index contributed by atoms with van der Waals surface area (Å²) >= 11 is 24.0. The zero-order valence-corrected chi connectivity index (χ0v) is 83.2. The third-order valence-corrected chi connectivity index (χ3v) is 24.0. The van der Waals surface area contributed by atoms with Gasteiger partial charge in [0.05, 0.1) is 101 Å². The molecule has 0 aromatic carbocycles. The van der Waals surface area contributed by atoms with Gasteiger partial charge in [-0.25, -0.2) is 42.5 Å². The van der Waals surface area contributed by atoms with E-state index in [0.29, 0.717) is 73.0 Å². The Labute approximate surface area is 834 Å². The molecule has 15 aromatic rings. The zero-order chi connectivity index (χ0) is 98.8. The number of nitrogens with two attached hydrogens (primary N) is 2. The van der Waals surface area contributed by atoms with Crippen molar-refractivity contribution in [1.29, 1.82) is 0 Å². The van der Waals surface area contributed by atoms with E-state index in [1.165, 1.54) is 95.8 Å². The van der Waals surface area contributed by atoms with Crippen LogP contribution in [-0.2, 0) is 109 Å². The topological polar surface area (TPSA) is 392 Å². The highest BCUT2D eigenvalue weighted by Gasteiger charge is 2.28. The molecule has 0 bridgehead atoms. The summed E-state index contributed by atoms with van der Waals surface area (Å²) in [6.07, 6.45) is 55.6. The fourth-order valence-electron chi connectivity index (χ4n) is 15.3. The molecule has 0 aliphatic heterocycles. The van der Waals surface area contributed by atoms with Crippen LogP contribution in [0, 0.1) is 0 Å². The summed E-state index contributed by atoms with van der Waals surface area (Å²) in [5.74, 6) is 0.777. The number of aryl methyl sites for hydroxylation is 3. The monoisotopic (exact) mass is 2010 g/mol. The van der Waals surface area contributed by atoms with E-state index in [1.54, 1.807) is 35.7 Å². The van der Waals surface area contributed by atoms with E-state index in [4.69, 9.17) is 81.8 Å². The molecule has 0 saturated heterocycles. The number of carbonyl (C=O) groups excluding carboxylic acids is 3. The van der Waals surface area contributed by atoms with E-state index < -0.39 is 32.5 Å². The number of hydrogen-bond acceptors (Lipinski definition) is 23. The van der Waals surface area contributed by atoms with Gasteiger partial charge in [-0.1, -0.05) is 120 Å². The number of alkyl halides is 1. The standard InChI is InChI=1S/C24H21ClN6O.C14H17ClN2O2.C14H13N5O2.C14H18N2O2.C9H9ClN2.C9H8ClN.C9H10N2.C9H9NO.Cl2OS/c25-21-6-3-16-10-26-18(9-20(16)21)5-7-23(32)22-14-31(29-28-22)13-19-12-30-11-17(15-1-2-15)4-8-24(30)27-19;1-5-9-6-10-11(15)8-17(12(10)7-16-9)13(18)19-14(2,3)4;20-14(21)12-8-19(17-16-12)7-11-6-18-5-10(9-1-2-9)3-4-13(18)15-11;1-5-11-8-10-6-7-16(12(10)9-15-11)13(17)18-14(2,3)4;10-9-2-1-6-5-12-7(4-11)3-8(6)9;2*10-5-9-4-7-2-1-3-8(7)6-11-9;11-6-9-4-7-2-1-3-8(7)5-10-9;1-4(2)3/h4,6,8-12,14-15H,1-3,5,7,13H2;6-8H,5H2,1-4H3;3-6,8-9H,1-2,7H2,(H,20,21);6-9H,5H2,1-4H3;2-3,5H,1,4,11H2;1-2,4,6H,3,5H2;1-2,4,6H,3,5,10H2;1-2,4-5,11H,3,6H2;. The Kier molecular flexibility index (Phi) is 34.5. The second kappa shape index (κ2) is 46.9. The van der Waals surface area contributed by atoms with Crippen LogP contribution in [0.3, 0.4) is 0 Å². The van der Waals surface area contributed by atoms with Crippen molar-refractivity contribution in [2.45, 2.75) is 201 Å². The summed E-state index contributed by atoms with van der Waals surface area (Å²) < 4.78 is 29.9. The SMILES string of the molecule is CCc1cc2c(Cl)cn(C(=O)OC(C)(C)C)c2cn1.CCc1cc2ccn(C(=O)OC(C)(C)C)c2cn1.ClCc1cc2c(cn1)CC=C2.NCc1cc2c(cn1)CC=C2.NCc1cc2c(cn1)CC=C2Cl.O=C(CCc1cc2c(cn1)CC=C2Cl)c1cn(Cc2cn3cc(C4CC4)ccc3n2)nn1.O=C(O)c1cn(Cc2cn3cc(C4CC4)ccc3n2)nn1.O=S(Cl)Cl.OCc1cc2c(cn1)CC=C2. The van der Waals surface area contributed by atoms with E-state index >= 15 is 0 Å². The summed E-state index contributed by atoms with van der Waals surface area (Å²) in [4.78, 5) is 86.4. The van der Waals surface area contributed by atoms with Crippen molar-refractivity contribution in [3.63, 3.8) is 0 Å². The molecule has 0 spiro atoms. The van der Waals surface area contributed by atoms with Crippen LogP contribution in [0.5, 0.6) is 0 Å². The van der Waals surface area contributed by atoms with Crippen LogP contribution in [0.1, 0.15) is 238 Å². The van der Waals surface area contributed by atoms with Crippen molar-refractivity contribution < 1.29 is 43.1 Å². The third-order valence-electron chi connectivity index (χ3n) is 22.7. The minimum absolute atomic E-state index is 0.0289. The number of nitrogens with zero attached hydrogens (tertiary/aromatic N) is 19. The van der Waals surface area contributed by atoms with Gasteiger partial charge in [-0.2, -0.15) is 0 Å². The Morgan fingerprint density at radius 2 is 0.935 bits per heavy atom. The molecule has 37 heteroatoms. The average Bonchev–Trinajstić information content (AvgIpc) is 1.65. The summed E-state index contributed by atoms with van der Waals surface area (Å²) in [7, 11) is 7.36. The van der Waals surface area contributed by atoms with Gasteiger partial charge in [0.25, 0.3) is 0 Å². The minimum atomic E-state index is -1.67. The van der Waals surface area contributed by atoms with Gasteiger partial charge in [-0.05, 0) is 258 Å². The van der Waals surface area contributed by atoms with Crippen molar-refractivity contribution in [3.8, 4) is 0 Å². The van der Waals surface area contributed by atoms with Crippen molar-refractivity contribution in [2.24, 2.45) is 11.5 Å². The lowest BCUT2D eigenvalue weighted by Gasteiger charge is -2.19. The van der Waals surface area contributed by atoms with Crippen molar-refractivity contribution in [3.05, 3.63) is 331 Å². The average molecular weight is 2010 g/mol. The molecule has 15 aromatic heterocycles. The fraction of sp³-hybridized carbons (Fsp3) is 0.304. The molecule has 22 rings (SSSR count). The van der Waals surface area contributed by atoms with Crippen LogP contribution in [0.4, 0.5) is 9.59 Å². The quantitative estimate of drug-likeness (QED) is 0.0374. The van der Waals surface area contributed by atoms with E-state index in [2.05, 4.69) is 171 Å². The van der Waals surface area contributed by atoms with E-state index in [1.807, 2.05) is 157 Å². The molecule has 15 heterocycles. The second-order valence-corrected chi connectivity index (χ2v) is 39.4. The van der Waals surface area contributed by atoms with Gasteiger partial charge in [0.15, 0.2) is 11.5 Å². The number of aliphatic hydroxyl groups is 1. The summed E-state index contributed by atoms with van der Waals surface area (Å²) in [6.45, 7) is 17.0. The molecule has 0 unspecified atom stereocenters. The number of aromatic carboxylic acids is 1. The van der Waals surface area contributed by atoms with E-state index in [0.717, 1.165) is 151 Å².